The van der Waals surface area contributed by atoms with E-state index in [4.69, 9.17) is 4.74 Å². The van der Waals surface area contributed by atoms with E-state index in [2.05, 4.69) is 46.4 Å². The second-order valence-electron chi connectivity index (χ2n) is 10.0. The lowest BCUT2D eigenvalue weighted by molar-refractivity contribution is 0.0386. The van der Waals surface area contributed by atoms with Crippen LogP contribution in [0.25, 0.3) is 0 Å². The van der Waals surface area contributed by atoms with Crippen LogP contribution in [0.15, 0.2) is 36.7 Å². The Morgan fingerprint density at radius 1 is 1.19 bits per heavy atom. The molecule has 4 rings (SSSR count). The van der Waals surface area contributed by atoms with Gasteiger partial charge in [-0.05, 0) is 62.8 Å². The standard InChI is InChI=1S/C27H40N6O3/c1-3-9-33(20-22-7-10-31(11-8-22)27(35)32-12-14-36-15-13-32)21(2)16-23-5-4-6-25(17-23)30-26(34)24-18-28-29-19-24/h4-6,17-19,21-22H,3,7-16,20H2,1-2H3,(H,28,29)(H,30,34). The van der Waals surface area contributed by atoms with Crippen molar-refractivity contribution >= 4 is 17.6 Å². The fraction of sp³-hybridized carbons (Fsp3) is 0.593. The molecule has 2 saturated heterocycles. The molecule has 3 heterocycles. The maximum absolute atomic E-state index is 12.8. The Labute approximate surface area is 214 Å². The molecule has 36 heavy (non-hydrogen) atoms. The van der Waals surface area contributed by atoms with Gasteiger partial charge in [0.1, 0.15) is 0 Å². The number of urea groups is 1. The topological polar surface area (TPSA) is 93.8 Å². The van der Waals surface area contributed by atoms with Crippen LogP contribution in [0.2, 0.25) is 0 Å². The molecule has 2 aromatic rings. The van der Waals surface area contributed by atoms with Crippen LogP contribution in [0, 0.1) is 5.92 Å². The Balaban J connectivity index is 1.28. The van der Waals surface area contributed by atoms with Gasteiger partial charge in [-0.2, -0.15) is 5.10 Å². The predicted molar refractivity (Wildman–Crippen MR) is 140 cm³/mol. The van der Waals surface area contributed by atoms with E-state index in [1.165, 1.54) is 11.8 Å². The van der Waals surface area contributed by atoms with Crippen molar-refractivity contribution in [2.45, 2.75) is 45.6 Å². The summed E-state index contributed by atoms with van der Waals surface area (Å²) in [5.74, 6) is 0.438. The van der Waals surface area contributed by atoms with Gasteiger partial charge >= 0.3 is 6.03 Å². The molecule has 0 bridgehead atoms. The third-order valence-electron chi connectivity index (χ3n) is 7.27. The zero-order valence-electron chi connectivity index (χ0n) is 21.6. The number of rotatable bonds is 9. The summed E-state index contributed by atoms with van der Waals surface area (Å²) in [6, 6.07) is 8.67. The van der Waals surface area contributed by atoms with E-state index in [-0.39, 0.29) is 11.9 Å². The highest BCUT2D eigenvalue weighted by Crippen LogP contribution is 2.22. The number of nitrogens with one attached hydrogen (secondary N) is 2. The van der Waals surface area contributed by atoms with Crippen LogP contribution in [0.4, 0.5) is 10.5 Å². The van der Waals surface area contributed by atoms with Crippen LogP contribution in [-0.2, 0) is 11.2 Å². The number of ether oxygens (including phenoxy) is 1. The first-order valence-electron chi connectivity index (χ1n) is 13.3. The van der Waals surface area contributed by atoms with Crippen LogP contribution >= 0.6 is 0 Å². The number of nitrogens with zero attached hydrogens (tertiary/aromatic N) is 4. The molecule has 1 atom stereocenters. The molecule has 1 unspecified atom stereocenters. The minimum atomic E-state index is -0.167. The summed E-state index contributed by atoms with van der Waals surface area (Å²) in [7, 11) is 0. The molecule has 2 N–H and O–H groups in total. The number of benzene rings is 1. The van der Waals surface area contributed by atoms with E-state index >= 15 is 0 Å². The molecule has 0 spiro atoms. The molecule has 9 nitrogen and oxygen atoms in total. The summed E-state index contributed by atoms with van der Waals surface area (Å²) < 4.78 is 5.38. The van der Waals surface area contributed by atoms with Gasteiger partial charge in [-0.15, -0.1) is 0 Å². The predicted octanol–water partition coefficient (Wildman–Crippen LogP) is 3.47. The van der Waals surface area contributed by atoms with Gasteiger partial charge in [0, 0.05) is 50.6 Å². The fourth-order valence-corrected chi connectivity index (χ4v) is 5.20. The number of carbonyl (C=O) groups is 2. The van der Waals surface area contributed by atoms with Crippen molar-refractivity contribution in [1.82, 2.24) is 24.9 Å². The van der Waals surface area contributed by atoms with E-state index < -0.39 is 0 Å². The monoisotopic (exact) mass is 496 g/mol. The normalized spacial score (nSPS) is 17.9. The van der Waals surface area contributed by atoms with E-state index in [0.29, 0.717) is 43.8 Å². The minimum Gasteiger partial charge on any atom is -0.378 e. The Hall–Kier alpha value is -2.91. The first-order valence-corrected chi connectivity index (χ1v) is 13.3. The lowest BCUT2D eigenvalue weighted by atomic mass is 9.95. The third-order valence-corrected chi connectivity index (χ3v) is 7.27. The van der Waals surface area contributed by atoms with Gasteiger partial charge in [0.05, 0.1) is 25.0 Å². The third kappa shape index (κ3) is 7.07. The largest absolute Gasteiger partial charge is 0.378 e. The smallest absolute Gasteiger partial charge is 0.320 e. The number of likely N-dealkylation sites (tertiary alicyclic amines) is 1. The van der Waals surface area contributed by atoms with Crippen LogP contribution in [0.3, 0.4) is 0 Å². The van der Waals surface area contributed by atoms with Crippen LogP contribution in [0.1, 0.15) is 49.0 Å². The fourth-order valence-electron chi connectivity index (χ4n) is 5.20. The van der Waals surface area contributed by atoms with Gasteiger partial charge in [0.2, 0.25) is 0 Å². The molecule has 2 fully saturated rings. The van der Waals surface area contributed by atoms with Gasteiger partial charge in [-0.25, -0.2) is 4.79 Å². The Bertz CT molecular complexity index is 968. The number of aromatic nitrogens is 2. The van der Waals surface area contributed by atoms with Crippen molar-refractivity contribution in [3.05, 3.63) is 47.8 Å². The van der Waals surface area contributed by atoms with Crippen LogP contribution in [-0.4, -0.2) is 95.4 Å². The number of hydrogen-bond acceptors (Lipinski definition) is 5. The summed E-state index contributed by atoms with van der Waals surface area (Å²) in [6.07, 6.45) is 7.25. The average Bonchev–Trinajstić information content (AvgIpc) is 3.45. The molecule has 0 radical (unpaired) electrons. The quantitative estimate of drug-likeness (QED) is 0.555. The zero-order chi connectivity index (χ0) is 25.3. The second-order valence-corrected chi connectivity index (χ2v) is 10.0. The Kier molecular flexibility index (Phi) is 9.35. The lowest BCUT2D eigenvalue weighted by Gasteiger charge is -2.39. The van der Waals surface area contributed by atoms with Crippen molar-refractivity contribution in [2.24, 2.45) is 5.92 Å². The van der Waals surface area contributed by atoms with Crippen molar-refractivity contribution in [2.75, 3.05) is 57.8 Å². The van der Waals surface area contributed by atoms with Gasteiger partial charge < -0.3 is 24.8 Å². The van der Waals surface area contributed by atoms with Gasteiger partial charge in [-0.3, -0.25) is 9.89 Å². The number of H-pyrrole nitrogens is 1. The molecular weight excluding hydrogens is 456 g/mol. The number of morpholine rings is 1. The summed E-state index contributed by atoms with van der Waals surface area (Å²) in [6.45, 7) is 11.0. The van der Waals surface area contributed by atoms with Crippen LogP contribution in [0.5, 0.6) is 0 Å². The number of amides is 3. The Morgan fingerprint density at radius 2 is 1.94 bits per heavy atom. The first-order chi connectivity index (χ1) is 17.5. The number of carbonyl (C=O) groups excluding carboxylic acids is 2. The first kappa shape index (κ1) is 26.2. The Morgan fingerprint density at radius 3 is 2.64 bits per heavy atom. The highest BCUT2D eigenvalue weighted by molar-refractivity contribution is 6.03. The molecule has 196 valence electrons. The summed E-state index contributed by atoms with van der Waals surface area (Å²) >= 11 is 0. The average molecular weight is 497 g/mol. The molecule has 1 aromatic carbocycles. The van der Waals surface area contributed by atoms with E-state index in [9.17, 15) is 9.59 Å². The molecule has 2 aliphatic heterocycles. The summed E-state index contributed by atoms with van der Waals surface area (Å²) in [5.41, 5.74) is 2.52. The molecule has 0 saturated carbocycles. The van der Waals surface area contributed by atoms with Crippen LogP contribution < -0.4 is 5.32 Å². The highest BCUT2D eigenvalue weighted by Gasteiger charge is 2.28. The number of piperidine rings is 1. The summed E-state index contributed by atoms with van der Waals surface area (Å²) in [4.78, 5) is 31.7. The van der Waals surface area contributed by atoms with Gasteiger partial charge in [-0.1, -0.05) is 19.1 Å². The van der Waals surface area contributed by atoms with Crippen molar-refractivity contribution < 1.29 is 14.3 Å². The maximum atomic E-state index is 12.8. The van der Waals surface area contributed by atoms with E-state index in [1.54, 1.807) is 6.20 Å². The second kappa shape index (κ2) is 12.9. The van der Waals surface area contributed by atoms with Gasteiger partial charge in [0.15, 0.2) is 0 Å². The van der Waals surface area contributed by atoms with Crippen molar-refractivity contribution in [3.8, 4) is 0 Å². The highest BCUT2D eigenvalue weighted by atomic mass is 16.5. The molecule has 9 heteroatoms. The number of aromatic amines is 1. The number of anilines is 1. The van der Waals surface area contributed by atoms with Gasteiger partial charge in [0.25, 0.3) is 5.91 Å². The molecule has 2 aliphatic rings. The summed E-state index contributed by atoms with van der Waals surface area (Å²) in [5, 5.41) is 9.48. The van der Waals surface area contributed by atoms with Crippen molar-refractivity contribution in [3.63, 3.8) is 0 Å². The van der Waals surface area contributed by atoms with Crippen molar-refractivity contribution in [1.29, 1.82) is 0 Å². The maximum Gasteiger partial charge on any atom is 0.320 e. The molecule has 3 amide bonds. The lowest BCUT2D eigenvalue weighted by Crippen LogP contribution is -2.51. The molecule has 0 aliphatic carbocycles. The molecule has 1 aromatic heterocycles. The number of hydrogen-bond donors (Lipinski definition) is 2. The molecular formula is C27H40N6O3. The minimum absolute atomic E-state index is 0.167. The zero-order valence-corrected chi connectivity index (χ0v) is 21.6. The van der Waals surface area contributed by atoms with E-state index in [0.717, 1.165) is 57.5 Å². The van der Waals surface area contributed by atoms with E-state index in [1.807, 2.05) is 21.9 Å². The SMILES string of the molecule is CCCN(CC1CCN(C(=O)N2CCOCC2)CC1)C(C)Cc1cccc(NC(=O)c2cn[nH]c2)c1.